The predicted molar refractivity (Wildman–Crippen MR) is 184 cm³/mol. The molecule has 48 heavy (non-hydrogen) atoms. The van der Waals surface area contributed by atoms with Crippen LogP contribution in [-0.4, -0.2) is 10.9 Å². The molecule has 1 aromatic heterocycles. The lowest BCUT2D eigenvalue weighted by molar-refractivity contribution is -0.113. The number of hydrogen-bond donors (Lipinski definition) is 1. The van der Waals surface area contributed by atoms with E-state index in [1.54, 1.807) is 48.6 Å². The van der Waals surface area contributed by atoms with Gasteiger partial charge in [-0.3, -0.25) is 4.79 Å². The summed E-state index contributed by atoms with van der Waals surface area (Å²) in [5.74, 6) is 0.905. The van der Waals surface area contributed by atoms with Gasteiger partial charge in [-0.2, -0.15) is 0 Å². The highest BCUT2D eigenvalue weighted by Gasteiger charge is 2.33. The molecule has 1 aliphatic heterocycles. The van der Waals surface area contributed by atoms with Gasteiger partial charge in [-0.15, -0.1) is 0 Å². The largest absolute Gasteiger partial charge is 0.506 e. The lowest BCUT2D eigenvalue weighted by Crippen LogP contribution is -2.21. The van der Waals surface area contributed by atoms with Gasteiger partial charge < -0.3 is 9.84 Å². The maximum absolute atomic E-state index is 13.7. The number of carbonyl (C=O) groups excluding carboxylic acids is 1. The molecule has 1 aliphatic carbocycles. The first-order valence-corrected chi connectivity index (χ1v) is 15.4. The van der Waals surface area contributed by atoms with E-state index in [1.807, 2.05) is 74.5 Å². The van der Waals surface area contributed by atoms with Gasteiger partial charge in [0.2, 0.25) is 5.78 Å². The Bertz CT molecular complexity index is 2250. The van der Waals surface area contributed by atoms with Gasteiger partial charge >= 0.3 is 11.5 Å². The maximum atomic E-state index is 13.7. The quantitative estimate of drug-likeness (QED) is 0.149. The van der Waals surface area contributed by atoms with E-state index >= 15 is 0 Å². The summed E-state index contributed by atoms with van der Waals surface area (Å²) in [4.78, 5) is 13.5. The third kappa shape index (κ3) is 6.04. The number of aliphatic hydroxyl groups excluding tert-OH is 1. The van der Waals surface area contributed by atoms with E-state index in [1.165, 1.54) is 24.3 Å². The summed E-state index contributed by atoms with van der Waals surface area (Å²) in [6.07, 6.45) is 6.82. The van der Waals surface area contributed by atoms with Crippen LogP contribution in [0.2, 0.25) is 0 Å². The highest BCUT2D eigenvalue weighted by molar-refractivity contribution is 6.23. The molecule has 1 N–H and O–H groups in total. The second kappa shape index (κ2) is 12.6. The zero-order chi connectivity index (χ0) is 33.4. The number of aryl methyl sites for hydroxylation is 2. The summed E-state index contributed by atoms with van der Waals surface area (Å²) >= 11 is 0. The molecule has 0 radical (unpaired) electrons. The van der Waals surface area contributed by atoms with Crippen molar-refractivity contribution in [2.75, 3.05) is 0 Å². The van der Waals surface area contributed by atoms with Crippen LogP contribution >= 0.6 is 0 Å². The minimum absolute atomic E-state index is 0.136. The molecule has 234 valence electrons. The Morgan fingerprint density at radius 2 is 1.23 bits per heavy atom. The average molecular weight is 636 g/mol. The molecule has 2 heterocycles. The molecule has 0 atom stereocenters. The van der Waals surface area contributed by atoms with Gasteiger partial charge in [0.05, 0.1) is 34.4 Å². The Labute approximate surface area is 276 Å². The summed E-state index contributed by atoms with van der Waals surface area (Å²) in [6, 6.07) is 31.0. The van der Waals surface area contributed by atoms with Crippen molar-refractivity contribution in [1.29, 1.82) is 0 Å². The van der Waals surface area contributed by atoms with E-state index in [4.69, 9.17) is 9.15 Å². The Balaban J connectivity index is 1.29. The summed E-state index contributed by atoms with van der Waals surface area (Å²) in [5.41, 5.74) is 6.63. The predicted octanol–water partition coefficient (Wildman–Crippen LogP) is 10.6. The van der Waals surface area contributed by atoms with Gasteiger partial charge in [-0.1, -0.05) is 42.5 Å². The number of carbonyl (C=O) groups is 1. The number of ether oxygens (including phenoxy) is 1. The van der Waals surface area contributed by atoms with Crippen LogP contribution in [-0.2, 0) is 9.53 Å². The van der Waals surface area contributed by atoms with Crippen LogP contribution < -0.4 is 0 Å². The lowest BCUT2D eigenvalue weighted by Gasteiger charge is -2.22. The number of halogens is 2. The minimum atomic E-state index is -0.363. The minimum Gasteiger partial charge on any atom is -0.506 e. The van der Waals surface area contributed by atoms with Crippen LogP contribution in [0.15, 0.2) is 154 Å². The normalized spacial score (nSPS) is 16.0. The van der Waals surface area contributed by atoms with Crippen LogP contribution in [0.5, 0.6) is 0 Å². The standard InChI is InChI=1S/C42H28F2O4/c1-25-7-3-5-9-33(25)39-23-27(21-37(47-39)29-11-15-31(43)16-12-29)19-35-41(45)36(42(35)46)20-28-22-38(30-13-17-32(44)18-14-30)48-40(24-28)34-10-6-4-8-26(34)2/h3-24H,1-2H3/p+1. The van der Waals surface area contributed by atoms with E-state index in [-0.39, 0.29) is 34.3 Å². The Morgan fingerprint density at radius 1 is 0.667 bits per heavy atom. The fourth-order valence-electron chi connectivity index (χ4n) is 5.73. The van der Waals surface area contributed by atoms with Gasteiger partial charge in [-0.05, 0) is 115 Å². The number of Topliss-reactive ketones (excluding diaryl/α,β-unsaturated/α-hetero) is 1. The first kappa shape index (κ1) is 30.5. The molecule has 0 spiro atoms. The van der Waals surface area contributed by atoms with E-state index < -0.39 is 0 Å². The third-order valence-electron chi connectivity index (χ3n) is 8.33. The Hall–Kier alpha value is -6.14. The molecule has 0 unspecified atom stereocenters. The highest BCUT2D eigenvalue weighted by atomic mass is 19.1. The molecule has 0 bridgehead atoms. The Kier molecular flexibility index (Phi) is 7.99. The van der Waals surface area contributed by atoms with Gasteiger partial charge in [0.15, 0.2) is 0 Å². The second-order valence-electron chi connectivity index (χ2n) is 11.7. The molecule has 0 saturated carbocycles. The molecule has 2 aliphatic rings. The van der Waals surface area contributed by atoms with E-state index in [0.29, 0.717) is 45.3 Å². The number of benzene rings is 4. The third-order valence-corrected chi connectivity index (χ3v) is 8.33. The molecule has 0 amide bonds. The monoisotopic (exact) mass is 635 g/mol. The number of aliphatic hydroxyl groups is 1. The van der Waals surface area contributed by atoms with Crippen LogP contribution in [0.25, 0.3) is 40.2 Å². The van der Waals surface area contributed by atoms with E-state index in [2.05, 4.69) is 0 Å². The fourth-order valence-corrected chi connectivity index (χ4v) is 5.73. The van der Waals surface area contributed by atoms with Crippen molar-refractivity contribution in [3.8, 4) is 22.6 Å². The highest BCUT2D eigenvalue weighted by Crippen LogP contribution is 2.38. The molecule has 7 rings (SSSR count). The van der Waals surface area contributed by atoms with Crippen molar-refractivity contribution in [2.45, 2.75) is 13.8 Å². The first-order chi connectivity index (χ1) is 23.2. The molecule has 0 saturated heterocycles. The number of ketones is 1. The van der Waals surface area contributed by atoms with Crippen molar-refractivity contribution in [2.24, 2.45) is 0 Å². The smallest absolute Gasteiger partial charge is 0.361 e. The molecular weight excluding hydrogens is 606 g/mol. The summed E-state index contributed by atoms with van der Waals surface area (Å²) in [6.45, 7) is 3.95. The second-order valence-corrected chi connectivity index (χ2v) is 11.7. The molecule has 0 fully saturated rings. The summed E-state index contributed by atoms with van der Waals surface area (Å²) in [5, 5.41) is 11.2. The van der Waals surface area contributed by atoms with Crippen molar-refractivity contribution >= 4 is 23.4 Å². The lowest BCUT2D eigenvalue weighted by atomic mass is 9.85. The molecule has 4 nitrogen and oxygen atoms in total. The topological polar surface area (TPSA) is 57.8 Å². The van der Waals surface area contributed by atoms with E-state index in [0.717, 1.165) is 22.3 Å². The van der Waals surface area contributed by atoms with Crippen molar-refractivity contribution in [3.05, 3.63) is 189 Å². The van der Waals surface area contributed by atoms with Crippen LogP contribution in [0.4, 0.5) is 8.78 Å². The van der Waals surface area contributed by atoms with Gasteiger partial charge in [-0.25, -0.2) is 13.2 Å². The molecule has 6 heteroatoms. The van der Waals surface area contributed by atoms with Gasteiger partial charge in [0.1, 0.15) is 28.9 Å². The number of hydrogen-bond acceptors (Lipinski definition) is 3. The van der Waals surface area contributed by atoms with Crippen molar-refractivity contribution in [1.82, 2.24) is 0 Å². The summed E-state index contributed by atoms with van der Waals surface area (Å²) < 4.78 is 39.9. The molecular formula is C42H29F2O4+. The van der Waals surface area contributed by atoms with E-state index in [9.17, 15) is 18.7 Å². The SMILES string of the molecule is Cc1ccccc1C1=CC(=CC2=C(O)C(=Cc3cc(-c4ccc(F)cc4)[o+]c(-c4ccccc4C)c3)C2=O)C=C(c2ccc(F)cc2)O1. The Morgan fingerprint density at radius 3 is 1.85 bits per heavy atom. The number of allylic oxidation sites excluding steroid dienone is 6. The average Bonchev–Trinajstić information content (AvgIpc) is 3.10. The van der Waals surface area contributed by atoms with Crippen molar-refractivity contribution < 1.29 is 27.8 Å². The van der Waals surface area contributed by atoms with Gasteiger partial charge in [0, 0.05) is 11.1 Å². The van der Waals surface area contributed by atoms with Gasteiger partial charge in [0.25, 0.3) is 0 Å². The summed E-state index contributed by atoms with van der Waals surface area (Å²) in [7, 11) is 0. The molecule has 5 aromatic rings. The fraction of sp³-hybridized carbons (Fsp3) is 0.0476. The first-order valence-electron chi connectivity index (χ1n) is 15.4. The van der Waals surface area contributed by atoms with Crippen LogP contribution in [0.3, 0.4) is 0 Å². The zero-order valence-electron chi connectivity index (χ0n) is 26.1. The maximum Gasteiger partial charge on any atom is 0.361 e. The zero-order valence-corrected chi connectivity index (χ0v) is 26.1. The number of rotatable bonds is 6. The van der Waals surface area contributed by atoms with Crippen molar-refractivity contribution in [3.63, 3.8) is 0 Å². The molecule has 4 aromatic carbocycles. The van der Waals surface area contributed by atoms with Crippen LogP contribution in [0.1, 0.15) is 27.8 Å². The van der Waals surface area contributed by atoms with Crippen LogP contribution in [0, 0.1) is 25.5 Å².